The number of carbonyl (C=O) groups is 4. The first-order chi connectivity index (χ1) is 14.8. The summed E-state index contributed by atoms with van der Waals surface area (Å²) in [7, 11) is 0. The monoisotopic (exact) mass is 431 g/mol. The second-order valence-corrected chi connectivity index (χ2v) is 8.28. The van der Waals surface area contributed by atoms with Crippen molar-refractivity contribution in [3.8, 4) is 11.5 Å². The minimum Gasteiger partial charge on any atom is -0.454 e. The standard InChI is InChI=1S/C21H25N3O7/c1-12-5-7-21(8-6-12)19(27)24(20(28)23-21)10-17(25)31-13(2)18(26)22-14-3-4-15-16(9-14)30-11-29-15/h3-4,9,12-13H,5-8,10-11H2,1-2H3,(H,22,26)(H,23,28). The van der Waals surface area contributed by atoms with Gasteiger partial charge >= 0.3 is 12.0 Å². The van der Waals surface area contributed by atoms with Gasteiger partial charge in [-0.2, -0.15) is 0 Å². The Bertz CT molecular complexity index is 924. The van der Waals surface area contributed by atoms with Crippen molar-refractivity contribution in [3.63, 3.8) is 0 Å². The van der Waals surface area contributed by atoms with Crippen LogP contribution in [0, 0.1) is 5.92 Å². The van der Waals surface area contributed by atoms with Gasteiger partial charge in [0.05, 0.1) is 0 Å². The van der Waals surface area contributed by atoms with Crippen LogP contribution in [0.5, 0.6) is 11.5 Å². The second-order valence-electron chi connectivity index (χ2n) is 8.28. The fraction of sp³-hybridized carbons (Fsp3) is 0.524. The predicted molar refractivity (Wildman–Crippen MR) is 107 cm³/mol. The molecule has 2 fully saturated rings. The van der Waals surface area contributed by atoms with Crippen LogP contribution in [0.15, 0.2) is 18.2 Å². The van der Waals surface area contributed by atoms with E-state index >= 15 is 0 Å². The van der Waals surface area contributed by atoms with Gasteiger partial charge < -0.3 is 24.8 Å². The maximum atomic E-state index is 12.8. The van der Waals surface area contributed by atoms with Gasteiger partial charge in [0.2, 0.25) is 6.79 Å². The highest BCUT2D eigenvalue weighted by Crippen LogP contribution is 2.36. The smallest absolute Gasteiger partial charge is 0.327 e. The van der Waals surface area contributed by atoms with E-state index in [-0.39, 0.29) is 6.79 Å². The number of esters is 1. The largest absolute Gasteiger partial charge is 0.454 e. The van der Waals surface area contributed by atoms with Crippen LogP contribution >= 0.6 is 0 Å². The first-order valence-corrected chi connectivity index (χ1v) is 10.3. The Morgan fingerprint density at radius 2 is 1.97 bits per heavy atom. The number of imide groups is 1. The summed E-state index contributed by atoms with van der Waals surface area (Å²) >= 11 is 0. The maximum absolute atomic E-state index is 12.8. The Morgan fingerprint density at radius 1 is 1.26 bits per heavy atom. The average molecular weight is 431 g/mol. The highest BCUT2D eigenvalue weighted by atomic mass is 16.7. The second kappa shape index (κ2) is 8.09. The molecule has 2 aliphatic heterocycles. The molecule has 4 rings (SSSR count). The number of carbonyl (C=O) groups excluding carboxylic acids is 4. The summed E-state index contributed by atoms with van der Waals surface area (Å²) in [5, 5.41) is 5.38. The van der Waals surface area contributed by atoms with E-state index in [1.54, 1.807) is 18.2 Å². The minimum atomic E-state index is -1.12. The lowest BCUT2D eigenvalue weighted by Gasteiger charge is -2.33. The maximum Gasteiger partial charge on any atom is 0.327 e. The fourth-order valence-electron chi connectivity index (χ4n) is 4.05. The zero-order chi connectivity index (χ0) is 22.2. The number of hydrogen-bond acceptors (Lipinski definition) is 7. The Morgan fingerprint density at radius 3 is 2.71 bits per heavy atom. The molecular formula is C21H25N3O7. The van der Waals surface area contributed by atoms with Crippen molar-refractivity contribution in [2.75, 3.05) is 18.7 Å². The van der Waals surface area contributed by atoms with E-state index in [1.807, 2.05) is 0 Å². The Labute approximate surface area is 179 Å². The molecule has 10 nitrogen and oxygen atoms in total. The van der Waals surface area contributed by atoms with Gasteiger partial charge in [-0.3, -0.25) is 19.3 Å². The van der Waals surface area contributed by atoms with Gasteiger partial charge in [0.25, 0.3) is 11.8 Å². The molecule has 166 valence electrons. The molecule has 1 aliphatic carbocycles. The van der Waals surface area contributed by atoms with Gasteiger partial charge in [0.15, 0.2) is 17.6 Å². The number of urea groups is 1. The molecule has 0 bridgehead atoms. The quantitative estimate of drug-likeness (QED) is 0.538. The molecule has 1 saturated heterocycles. The summed E-state index contributed by atoms with van der Waals surface area (Å²) in [4.78, 5) is 50.7. The van der Waals surface area contributed by atoms with Gasteiger partial charge in [-0.15, -0.1) is 0 Å². The summed E-state index contributed by atoms with van der Waals surface area (Å²) in [6, 6.07) is 4.30. The van der Waals surface area contributed by atoms with Crippen molar-refractivity contribution in [3.05, 3.63) is 18.2 Å². The van der Waals surface area contributed by atoms with Crippen molar-refractivity contribution in [2.24, 2.45) is 5.92 Å². The molecule has 1 aromatic rings. The van der Waals surface area contributed by atoms with Gasteiger partial charge in [0.1, 0.15) is 12.1 Å². The van der Waals surface area contributed by atoms with Gasteiger partial charge in [-0.1, -0.05) is 6.92 Å². The zero-order valence-corrected chi connectivity index (χ0v) is 17.4. The van der Waals surface area contributed by atoms with E-state index in [2.05, 4.69) is 17.6 Å². The number of fused-ring (bicyclic) bond motifs is 1. The highest BCUT2D eigenvalue weighted by Gasteiger charge is 2.52. The normalized spacial score (nSPS) is 25.4. The van der Waals surface area contributed by atoms with Gasteiger partial charge in [0, 0.05) is 11.8 Å². The zero-order valence-electron chi connectivity index (χ0n) is 17.4. The van der Waals surface area contributed by atoms with Crippen molar-refractivity contribution < 1.29 is 33.4 Å². The SMILES string of the molecule is CC1CCC2(CC1)NC(=O)N(CC(=O)OC(C)C(=O)Nc1ccc3c(c1)OCO3)C2=O. The summed E-state index contributed by atoms with van der Waals surface area (Å²) in [5.41, 5.74) is -0.466. The van der Waals surface area contributed by atoms with E-state index in [9.17, 15) is 19.2 Å². The number of benzene rings is 1. The molecule has 0 aromatic heterocycles. The number of rotatable bonds is 5. The third kappa shape index (κ3) is 4.14. The number of anilines is 1. The van der Waals surface area contributed by atoms with Crippen molar-refractivity contribution in [1.29, 1.82) is 0 Å². The van der Waals surface area contributed by atoms with E-state index < -0.39 is 42.0 Å². The van der Waals surface area contributed by atoms with Crippen molar-refractivity contribution in [2.45, 2.75) is 51.2 Å². The Kier molecular flexibility index (Phi) is 5.47. The summed E-state index contributed by atoms with van der Waals surface area (Å²) in [6.45, 7) is 3.10. The van der Waals surface area contributed by atoms with E-state index in [0.29, 0.717) is 35.9 Å². The summed E-state index contributed by atoms with van der Waals surface area (Å²) in [5.74, 6) is -0.208. The third-order valence-corrected chi connectivity index (χ3v) is 5.98. The molecule has 10 heteroatoms. The van der Waals surface area contributed by atoms with E-state index in [1.165, 1.54) is 6.92 Å². The van der Waals surface area contributed by atoms with Crippen LogP contribution in [0.2, 0.25) is 0 Å². The molecule has 3 aliphatic rings. The van der Waals surface area contributed by atoms with Crippen LogP contribution in [0.3, 0.4) is 0 Å². The lowest BCUT2D eigenvalue weighted by Crippen LogP contribution is -2.49. The molecule has 31 heavy (non-hydrogen) atoms. The Hall–Kier alpha value is -3.30. The molecule has 0 radical (unpaired) electrons. The molecule has 2 N–H and O–H groups in total. The van der Waals surface area contributed by atoms with Gasteiger partial charge in [-0.25, -0.2) is 4.79 Å². The van der Waals surface area contributed by atoms with Crippen molar-refractivity contribution in [1.82, 2.24) is 10.2 Å². The molecule has 1 atom stereocenters. The Balaban J connectivity index is 1.31. The minimum absolute atomic E-state index is 0.115. The number of ether oxygens (including phenoxy) is 3. The van der Waals surface area contributed by atoms with Gasteiger partial charge in [-0.05, 0) is 50.7 Å². The summed E-state index contributed by atoms with van der Waals surface area (Å²) in [6.07, 6.45) is 1.66. The predicted octanol–water partition coefficient (Wildman–Crippen LogP) is 1.79. The van der Waals surface area contributed by atoms with E-state index in [4.69, 9.17) is 14.2 Å². The van der Waals surface area contributed by atoms with Crippen LogP contribution in [0.25, 0.3) is 0 Å². The molecule has 4 amide bonds. The first-order valence-electron chi connectivity index (χ1n) is 10.3. The van der Waals surface area contributed by atoms with Crippen molar-refractivity contribution >= 4 is 29.5 Å². The van der Waals surface area contributed by atoms with Crippen LogP contribution in [-0.2, 0) is 19.1 Å². The van der Waals surface area contributed by atoms with Crippen LogP contribution < -0.4 is 20.1 Å². The number of amides is 4. The highest BCUT2D eigenvalue weighted by molar-refractivity contribution is 6.08. The number of nitrogens with zero attached hydrogens (tertiary/aromatic N) is 1. The first kappa shape index (κ1) is 21.0. The van der Waals surface area contributed by atoms with E-state index in [0.717, 1.165) is 17.7 Å². The fourth-order valence-corrected chi connectivity index (χ4v) is 4.05. The lowest BCUT2D eigenvalue weighted by atomic mass is 9.77. The van der Waals surface area contributed by atoms with Crippen LogP contribution in [-0.4, -0.2) is 53.7 Å². The molecule has 1 saturated carbocycles. The average Bonchev–Trinajstić information content (AvgIpc) is 3.28. The number of nitrogens with one attached hydrogen (secondary N) is 2. The molecule has 1 unspecified atom stereocenters. The lowest BCUT2D eigenvalue weighted by molar-refractivity contribution is -0.155. The molecule has 2 heterocycles. The summed E-state index contributed by atoms with van der Waals surface area (Å²) < 4.78 is 15.6. The molecule has 1 aromatic carbocycles. The van der Waals surface area contributed by atoms with Crippen LogP contribution in [0.1, 0.15) is 39.5 Å². The van der Waals surface area contributed by atoms with Crippen LogP contribution in [0.4, 0.5) is 10.5 Å². The molecular weight excluding hydrogens is 406 g/mol. The molecule has 1 spiro atoms. The number of hydrogen-bond donors (Lipinski definition) is 2. The third-order valence-electron chi connectivity index (χ3n) is 5.98. The topological polar surface area (TPSA) is 123 Å².